The average Bonchev–Trinajstić information content (AvgIpc) is 2.43. The Labute approximate surface area is 121 Å². The number of benzene rings is 1. The van der Waals surface area contributed by atoms with Crippen molar-refractivity contribution in [3.63, 3.8) is 0 Å². The number of para-hydroxylation sites is 1. The van der Waals surface area contributed by atoms with Crippen LogP contribution in [0.3, 0.4) is 0 Å². The van der Waals surface area contributed by atoms with Crippen LogP contribution in [-0.2, 0) is 4.79 Å². The number of methoxy groups -OCH3 is 1. The van der Waals surface area contributed by atoms with Crippen molar-refractivity contribution in [2.45, 2.75) is 12.5 Å². The number of carboxylic acid groups (broad SMARTS) is 1. The SMILES string of the molecule is COc1cccc(C(=O)N[C@@H](CCSC)C(=O)O)c1O. The standard InChI is InChI=1S/C13H17NO5S/c1-19-10-5-3-4-8(11(10)15)12(16)14-9(13(17)18)6-7-20-2/h3-5,9,15H,6-7H2,1-2H3,(H,14,16)(H,17,18)/t9-/m0/s1. The smallest absolute Gasteiger partial charge is 0.326 e. The molecular weight excluding hydrogens is 282 g/mol. The molecule has 0 saturated heterocycles. The lowest BCUT2D eigenvalue weighted by atomic mass is 10.1. The number of amides is 1. The molecule has 0 saturated carbocycles. The molecule has 1 amide bonds. The summed E-state index contributed by atoms with van der Waals surface area (Å²) in [4.78, 5) is 23.1. The molecule has 0 radical (unpaired) electrons. The van der Waals surface area contributed by atoms with E-state index in [1.165, 1.54) is 31.0 Å². The normalized spacial score (nSPS) is 11.7. The first-order valence-corrected chi connectivity index (χ1v) is 7.29. The predicted octanol–water partition coefficient (Wildman–Crippen LogP) is 1.34. The molecule has 0 unspecified atom stereocenters. The number of hydrogen-bond acceptors (Lipinski definition) is 5. The number of hydrogen-bond donors (Lipinski definition) is 3. The highest BCUT2D eigenvalue weighted by Crippen LogP contribution is 2.29. The highest BCUT2D eigenvalue weighted by molar-refractivity contribution is 7.98. The quantitative estimate of drug-likeness (QED) is 0.703. The second kappa shape index (κ2) is 7.64. The summed E-state index contributed by atoms with van der Waals surface area (Å²) >= 11 is 1.50. The number of rotatable bonds is 7. The summed E-state index contributed by atoms with van der Waals surface area (Å²) in [5.74, 6) is -1.28. The molecule has 1 aromatic rings. The van der Waals surface area contributed by atoms with Gasteiger partial charge in [-0.05, 0) is 30.6 Å². The number of ether oxygens (including phenoxy) is 1. The van der Waals surface area contributed by atoms with E-state index in [0.29, 0.717) is 12.2 Å². The van der Waals surface area contributed by atoms with Gasteiger partial charge < -0.3 is 20.3 Å². The van der Waals surface area contributed by atoms with Crippen molar-refractivity contribution in [3.8, 4) is 11.5 Å². The lowest BCUT2D eigenvalue weighted by molar-refractivity contribution is -0.139. The maximum atomic E-state index is 12.0. The summed E-state index contributed by atoms with van der Waals surface area (Å²) in [6.45, 7) is 0. The third-order valence-corrected chi connectivity index (χ3v) is 3.32. The van der Waals surface area contributed by atoms with Gasteiger partial charge in [0.25, 0.3) is 5.91 Å². The summed E-state index contributed by atoms with van der Waals surface area (Å²) in [5.41, 5.74) is -0.0141. The minimum Gasteiger partial charge on any atom is -0.504 e. The second-order valence-electron chi connectivity index (χ2n) is 4.00. The van der Waals surface area contributed by atoms with E-state index >= 15 is 0 Å². The Morgan fingerprint density at radius 1 is 1.45 bits per heavy atom. The molecule has 7 heteroatoms. The van der Waals surface area contributed by atoms with E-state index in [-0.39, 0.29) is 17.1 Å². The van der Waals surface area contributed by atoms with Crippen LogP contribution < -0.4 is 10.1 Å². The van der Waals surface area contributed by atoms with Crippen LogP contribution in [-0.4, -0.2) is 47.2 Å². The van der Waals surface area contributed by atoms with Gasteiger partial charge >= 0.3 is 5.97 Å². The highest BCUT2D eigenvalue weighted by atomic mass is 32.2. The molecule has 110 valence electrons. The maximum Gasteiger partial charge on any atom is 0.326 e. The highest BCUT2D eigenvalue weighted by Gasteiger charge is 2.22. The molecule has 20 heavy (non-hydrogen) atoms. The summed E-state index contributed by atoms with van der Waals surface area (Å²) in [5, 5.41) is 21.3. The number of carboxylic acids is 1. The van der Waals surface area contributed by atoms with Crippen molar-refractivity contribution < 1.29 is 24.5 Å². The number of thioether (sulfide) groups is 1. The van der Waals surface area contributed by atoms with Crippen LogP contribution in [0.5, 0.6) is 11.5 Å². The molecule has 0 spiro atoms. The van der Waals surface area contributed by atoms with E-state index in [0.717, 1.165) is 0 Å². The predicted molar refractivity (Wildman–Crippen MR) is 76.5 cm³/mol. The molecule has 6 nitrogen and oxygen atoms in total. The number of phenols is 1. The van der Waals surface area contributed by atoms with Crippen LogP contribution in [0.4, 0.5) is 0 Å². The minimum atomic E-state index is -1.10. The first kappa shape index (κ1) is 16.2. The summed E-state index contributed by atoms with van der Waals surface area (Å²) < 4.78 is 4.90. The molecule has 0 fully saturated rings. The van der Waals surface area contributed by atoms with Crippen molar-refractivity contribution in [1.82, 2.24) is 5.32 Å². The van der Waals surface area contributed by atoms with Crippen LogP contribution in [0.25, 0.3) is 0 Å². The molecule has 0 aromatic heterocycles. The maximum absolute atomic E-state index is 12.0. The zero-order valence-corrected chi connectivity index (χ0v) is 12.1. The van der Waals surface area contributed by atoms with Crippen molar-refractivity contribution in [2.24, 2.45) is 0 Å². The molecule has 0 bridgehead atoms. The zero-order valence-electron chi connectivity index (χ0n) is 11.3. The Morgan fingerprint density at radius 2 is 2.15 bits per heavy atom. The van der Waals surface area contributed by atoms with Crippen LogP contribution in [0, 0.1) is 0 Å². The molecule has 1 aromatic carbocycles. The number of aromatic hydroxyl groups is 1. The Balaban J connectivity index is 2.86. The van der Waals surface area contributed by atoms with Crippen molar-refractivity contribution in [1.29, 1.82) is 0 Å². The fourth-order valence-corrected chi connectivity index (χ4v) is 2.07. The third-order valence-electron chi connectivity index (χ3n) is 2.68. The third kappa shape index (κ3) is 4.06. The fraction of sp³-hybridized carbons (Fsp3) is 0.385. The van der Waals surface area contributed by atoms with Crippen molar-refractivity contribution in [3.05, 3.63) is 23.8 Å². The van der Waals surface area contributed by atoms with E-state index in [1.54, 1.807) is 6.07 Å². The van der Waals surface area contributed by atoms with Gasteiger partial charge in [-0.1, -0.05) is 6.07 Å². The average molecular weight is 299 g/mol. The van der Waals surface area contributed by atoms with Gasteiger partial charge in [0.15, 0.2) is 11.5 Å². The molecule has 0 heterocycles. The van der Waals surface area contributed by atoms with Crippen LogP contribution in [0.15, 0.2) is 18.2 Å². The van der Waals surface area contributed by atoms with Crippen LogP contribution in [0.1, 0.15) is 16.8 Å². The fourth-order valence-electron chi connectivity index (χ4n) is 1.60. The summed E-state index contributed by atoms with van der Waals surface area (Å²) in [6, 6.07) is 3.47. The van der Waals surface area contributed by atoms with Crippen LogP contribution >= 0.6 is 11.8 Å². The monoisotopic (exact) mass is 299 g/mol. The zero-order chi connectivity index (χ0) is 15.1. The molecular formula is C13H17NO5S. The van der Waals surface area contributed by atoms with Gasteiger partial charge in [0.1, 0.15) is 6.04 Å². The molecule has 0 aliphatic rings. The van der Waals surface area contributed by atoms with E-state index in [2.05, 4.69) is 5.32 Å². The lowest BCUT2D eigenvalue weighted by Gasteiger charge is -2.15. The van der Waals surface area contributed by atoms with Gasteiger partial charge in [0.2, 0.25) is 0 Å². The number of phenolic OH excluding ortho intramolecular Hbond substituents is 1. The molecule has 0 aliphatic carbocycles. The van der Waals surface area contributed by atoms with E-state index in [1.807, 2.05) is 6.26 Å². The first-order chi connectivity index (χ1) is 9.51. The van der Waals surface area contributed by atoms with E-state index in [4.69, 9.17) is 9.84 Å². The first-order valence-electron chi connectivity index (χ1n) is 5.89. The Morgan fingerprint density at radius 3 is 2.70 bits per heavy atom. The van der Waals surface area contributed by atoms with E-state index in [9.17, 15) is 14.7 Å². The largest absolute Gasteiger partial charge is 0.504 e. The molecule has 1 atom stereocenters. The topological polar surface area (TPSA) is 95.9 Å². The van der Waals surface area contributed by atoms with Gasteiger partial charge in [-0.3, -0.25) is 4.79 Å². The van der Waals surface area contributed by atoms with Gasteiger partial charge in [0, 0.05) is 0 Å². The van der Waals surface area contributed by atoms with Gasteiger partial charge in [-0.15, -0.1) is 0 Å². The van der Waals surface area contributed by atoms with Gasteiger partial charge in [0.05, 0.1) is 12.7 Å². The molecule has 0 aliphatic heterocycles. The number of nitrogens with one attached hydrogen (secondary N) is 1. The van der Waals surface area contributed by atoms with E-state index < -0.39 is 17.9 Å². The summed E-state index contributed by atoms with van der Waals surface area (Å²) in [6.07, 6.45) is 2.17. The Kier molecular flexibility index (Phi) is 6.17. The second-order valence-corrected chi connectivity index (χ2v) is 4.99. The summed E-state index contributed by atoms with van der Waals surface area (Å²) in [7, 11) is 1.37. The van der Waals surface area contributed by atoms with Crippen molar-refractivity contribution in [2.75, 3.05) is 19.1 Å². The number of carbonyl (C=O) groups is 2. The Bertz CT molecular complexity index is 492. The Hall–Kier alpha value is -1.89. The van der Waals surface area contributed by atoms with Gasteiger partial charge in [-0.25, -0.2) is 4.79 Å². The lowest BCUT2D eigenvalue weighted by Crippen LogP contribution is -2.41. The molecule has 3 N–H and O–H groups in total. The van der Waals surface area contributed by atoms with Crippen LogP contribution in [0.2, 0.25) is 0 Å². The minimum absolute atomic E-state index is 0.0141. The number of aliphatic carboxylic acids is 1. The van der Waals surface area contributed by atoms with Crippen molar-refractivity contribution >= 4 is 23.6 Å². The number of carbonyl (C=O) groups excluding carboxylic acids is 1. The molecule has 1 rings (SSSR count). The van der Waals surface area contributed by atoms with Gasteiger partial charge in [-0.2, -0.15) is 11.8 Å².